The van der Waals surface area contributed by atoms with Crippen LogP contribution in [-0.4, -0.2) is 9.97 Å². The topological polar surface area (TPSA) is 91.7 Å². The highest BCUT2D eigenvalue weighted by atomic mass is 16.2. The van der Waals surface area contributed by atoms with Crippen molar-refractivity contribution in [3.63, 3.8) is 0 Å². The van der Waals surface area contributed by atoms with E-state index in [1.54, 1.807) is 6.07 Å². The number of rotatable bonds is 4. The monoisotopic (exact) mass is 261 g/mol. The predicted octanol–water partition coefficient (Wildman–Crippen LogP) is 1.65. The Morgan fingerprint density at radius 3 is 2.21 bits per heavy atom. The average Bonchev–Trinajstić information content (AvgIpc) is 2.41. The lowest BCUT2D eigenvalue weighted by Gasteiger charge is -2.21. The van der Waals surface area contributed by atoms with Gasteiger partial charge in [-0.05, 0) is 23.6 Å². The van der Waals surface area contributed by atoms with E-state index in [0.29, 0.717) is 17.0 Å². The van der Waals surface area contributed by atoms with E-state index < -0.39 is 11.1 Å². The molecule has 2 aromatic rings. The number of hydrogen-bond acceptors (Lipinski definition) is 3. The molecule has 0 saturated carbocycles. The van der Waals surface area contributed by atoms with Gasteiger partial charge in [0.1, 0.15) is 0 Å². The summed E-state index contributed by atoms with van der Waals surface area (Å²) in [7, 11) is 0. The Bertz CT molecular complexity index is 683. The number of aromatic amines is 2. The fraction of sp³-hybridized carbons (Fsp3) is 0.429. The standard InChI is InChI=1S/C14H19N3O2/c1-3-8(4-2)12(15)9-5-6-10-11(7-9)17-14(19)13(18)16-10/h5-8,12H,3-4,15H2,1-2H3,(H,16,18)(H,17,19). The van der Waals surface area contributed by atoms with Gasteiger partial charge in [-0.15, -0.1) is 0 Å². The molecule has 1 aromatic carbocycles. The Kier molecular flexibility index (Phi) is 3.85. The van der Waals surface area contributed by atoms with Crippen LogP contribution in [0.1, 0.15) is 38.3 Å². The van der Waals surface area contributed by atoms with Crippen molar-refractivity contribution in [2.45, 2.75) is 32.7 Å². The van der Waals surface area contributed by atoms with E-state index in [1.807, 2.05) is 12.1 Å². The van der Waals surface area contributed by atoms with Crippen LogP contribution in [0.3, 0.4) is 0 Å². The minimum atomic E-state index is -0.638. The summed E-state index contributed by atoms with van der Waals surface area (Å²) in [6.45, 7) is 4.24. The minimum Gasteiger partial charge on any atom is -0.324 e. The fourth-order valence-corrected chi connectivity index (χ4v) is 2.41. The van der Waals surface area contributed by atoms with Crippen LogP contribution in [0.5, 0.6) is 0 Å². The molecule has 0 radical (unpaired) electrons. The van der Waals surface area contributed by atoms with Crippen LogP contribution in [0.25, 0.3) is 11.0 Å². The van der Waals surface area contributed by atoms with Crippen LogP contribution in [0.15, 0.2) is 27.8 Å². The SMILES string of the molecule is CCC(CC)C(N)c1ccc2[nH]c(=O)c(=O)[nH]c2c1. The molecular weight excluding hydrogens is 242 g/mol. The Morgan fingerprint density at radius 1 is 1.05 bits per heavy atom. The second-order valence-electron chi connectivity index (χ2n) is 4.82. The molecule has 0 aliphatic heterocycles. The molecule has 0 amide bonds. The van der Waals surface area contributed by atoms with Gasteiger partial charge in [0, 0.05) is 6.04 Å². The van der Waals surface area contributed by atoms with E-state index in [0.717, 1.165) is 18.4 Å². The summed E-state index contributed by atoms with van der Waals surface area (Å²) in [6, 6.07) is 5.47. The quantitative estimate of drug-likeness (QED) is 0.731. The van der Waals surface area contributed by atoms with E-state index in [1.165, 1.54) is 0 Å². The van der Waals surface area contributed by atoms with Crippen molar-refractivity contribution >= 4 is 11.0 Å². The molecule has 1 atom stereocenters. The molecule has 19 heavy (non-hydrogen) atoms. The number of hydrogen-bond donors (Lipinski definition) is 3. The Balaban J connectivity index is 2.49. The molecule has 1 heterocycles. The molecule has 2 rings (SSSR count). The van der Waals surface area contributed by atoms with E-state index in [2.05, 4.69) is 23.8 Å². The number of aromatic nitrogens is 2. The normalized spacial score (nSPS) is 13.1. The number of nitrogens with one attached hydrogen (secondary N) is 2. The van der Waals surface area contributed by atoms with E-state index >= 15 is 0 Å². The Morgan fingerprint density at radius 2 is 1.63 bits per heavy atom. The predicted molar refractivity (Wildman–Crippen MR) is 76.2 cm³/mol. The molecule has 1 aromatic heterocycles. The van der Waals surface area contributed by atoms with Crippen LogP contribution in [0, 0.1) is 5.92 Å². The maximum atomic E-state index is 11.3. The second-order valence-corrected chi connectivity index (χ2v) is 4.82. The third-order valence-electron chi connectivity index (χ3n) is 3.69. The molecule has 0 aliphatic rings. The minimum absolute atomic E-state index is 0.0603. The maximum Gasteiger partial charge on any atom is 0.314 e. The molecule has 0 saturated heterocycles. The van der Waals surface area contributed by atoms with E-state index in [-0.39, 0.29) is 6.04 Å². The van der Waals surface area contributed by atoms with Gasteiger partial charge in [0.25, 0.3) is 0 Å². The lowest BCUT2D eigenvalue weighted by molar-refractivity contribution is 0.405. The third kappa shape index (κ3) is 2.61. The van der Waals surface area contributed by atoms with Gasteiger partial charge in [-0.25, -0.2) is 0 Å². The molecule has 102 valence electrons. The van der Waals surface area contributed by atoms with Crippen molar-refractivity contribution in [3.05, 3.63) is 44.5 Å². The van der Waals surface area contributed by atoms with E-state index in [4.69, 9.17) is 5.73 Å². The lowest BCUT2D eigenvalue weighted by atomic mass is 9.89. The van der Waals surface area contributed by atoms with Crippen molar-refractivity contribution < 1.29 is 0 Å². The molecule has 0 fully saturated rings. The molecule has 0 bridgehead atoms. The number of fused-ring (bicyclic) bond motifs is 1. The fourth-order valence-electron chi connectivity index (χ4n) is 2.41. The van der Waals surface area contributed by atoms with Crippen molar-refractivity contribution in [1.29, 1.82) is 0 Å². The molecule has 5 nitrogen and oxygen atoms in total. The van der Waals surface area contributed by atoms with Gasteiger partial charge in [0.15, 0.2) is 0 Å². The summed E-state index contributed by atoms with van der Waals surface area (Å²) >= 11 is 0. The van der Waals surface area contributed by atoms with Gasteiger partial charge >= 0.3 is 11.1 Å². The van der Waals surface area contributed by atoms with E-state index in [9.17, 15) is 9.59 Å². The van der Waals surface area contributed by atoms with Gasteiger partial charge in [0.05, 0.1) is 11.0 Å². The third-order valence-corrected chi connectivity index (χ3v) is 3.69. The number of nitrogens with two attached hydrogens (primary N) is 1. The molecule has 0 spiro atoms. The summed E-state index contributed by atoms with van der Waals surface area (Å²) in [6.07, 6.45) is 2.02. The van der Waals surface area contributed by atoms with Crippen LogP contribution in [0.4, 0.5) is 0 Å². The van der Waals surface area contributed by atoms with Crippen LogP contribution in [-0.2, 0) is 0 Å². The van der Waals surface area contributed by atoms with Crippen molar-refractivity contribution in [2.75, 3.05) is 0 Å². The highest BCUT2D eigenvalue weighted by Crippen LogP contribution is 2.26. The molecule has 1 unspecified atom stereocenters. The molecule has 4 N–H and O–H groups in total. The zero-order valence-electron chi connectivity index (χ0n) is 11.2. The van der Waals surface area contributed by atoms with Crippen LogP contribution >= 0.6 is 0 Å². The second kappa shape index (κ2) is 5.40. The first-order valence-corrected chi connectivity index (χ1v) is 6.58. The van der Waals surface area contributed by atoms with Crippen LogP contribution < -0.4 is 16.9 Å². The molecule has 0 aliphatic carbocycles. The first kappa shape index (κ1) is 13.5. The summed E-state index contributed by atoms with van der Waals surface area (Å²) < 4.78 is 0. The van der Waals surface area contributed by atoms with Gasteiger partial charge in [-0.2, -0.15) is 0 Å². The summed E-state index contributed by atoms with van der Waals surface area (Å²) in [5, 5.41) is 0. The number of H-pyrrole nitrogens is 2. The summed E-state index contributed by atoms with van der Waals surface area (Å²) in [5.74, 6) is 0.409. The lowest BCUT2D eigenvalue weighted by Crippen LogP contribution is -2.29. The van der Waals surface area contributed by atoms with Gasteiger partial charge < -0.3 is 15.7 Å². The smallest absolute Gasteiger partial charge is 0.314 e. The first-order chi connectivity index (χ1) is 9.06. The highest BCUT2D eigenvalue weighted by molar-refractivity contribution is 5.74. The zero-order valence-corrected chi connectivity index (χ0v) is 11.2. The Hall–Kier alpha value is -1.88. The van der Waals surface area contributed by atoms with Gasteiger partial charge in [0.2, 0.25) is 0 Å². The maximum absolute atomic E-state index is 11.3. The summed E-state index contributed by atoms with van der Waals surface area (Å²) in [5.41, 5.74) is 7.19. The average molecular weight is 261 g/mol. The number of benzene rings is 1. The zero-order chi connectivity index (χ0) is 14.0. The van der Waals surface area contributed by atoms with Crippen LogP contribution in [0.2, 0.25) is 0 Å². The van der Waals surface area contributed by atoms with Gasteiger partial charge in [-0.3, -0.25) is 9.59 Å². The molecular formula is C14H19N3O2. The van der Waals surface area contributed by atoms with Crippen molar-refractivity contribution in [3.8, 4) is 0 Å². The van der Waals surface area contributed by atoms with Crippen molar-refractivity contribution in [1.82, 2.24) is 9.97 Å². The van der Waals surface area contributed by atoms with Gasteiger partial charge in [-0.1, -0.05) is 32.8 Å². The largest absolute Gasteiger partial charge is 0.324 e. The highest BCUT2D eigenvalue weighted by Gasteiger charge is 2.16. The first-order valence-electron chi connectivity index (χ1n) is 6.58. The van der Waals surface area contributed by atoms with Crippen molar-refractivity contribution in [2.24, 2.45) is 11.7 Å². The Labute approximate surface area is 110 Å². The molecule has 5 heteroatoms. The summed E-state index contributed by atoms with van der Waals surface area (Å²) in [4.78, 5) is 27.7.